The highest BCUT2D eigenvalue weighted by Gasteiger charge is 2.28. The van der Waals surface area contributed by atoms with E-state index >= 15 is 0 Å². The summed E-state index contributed by atoms with van der Waals surface area (Å²) in [6.45, 7) is 9.81. The molecule has 0 radical (unpaired) electrons. The standard InChI is InChI=1S/C28H39N5O/c1-5-22(20-31(2)3)24-10-11-25-18-29-27(17-26(25)16-24)30-28(34)23-8-6-21(7-9-23)19-33-14-12-32(4)13-15-33/h5,10-11,16-18,20-21,23H,1,6-9,12-15,19H2,2-4H3,(H,29,30,34)/b22-20+. The number of pyridine rings is 1. The van der Waals surface area contributed by atoms with Crippen molar-refractivity contribution in [2.45, 2.75) is 25.7 Å². The molecule has 6 heteroatoms. The van der Waals surface area contributed by atoms with Crippen molar-refractivity contribution in [3.63, 3.8) is 0 Å². The molecule has 6 nitrogen and oxygen atoms in total. The lowest BCUT2D eigenvalue weighted by Gasteiger charge is -2.36. The number of piperazine rings is 1. The number of rotatable bonds is 7. The van der Waals surface area contributed by atoms with E-state index in [-0.39, 0.29) is 11.8 Å². The van der Waals surface area contributed by atoms with Crippen molar-refractivity contribution in [1.29, 1.82) is 0 Å². The van der Waals surface area contributed by atoms with Gasteiger partial charge in [-0.15, -0.1) is 0 Å². The van der Waals surface area contributed by atoms with Crippen LogP contribution in [0, 0.1) is 11.8 Å². The molecule has 0 unspecified atom stereocenters. The number of benzene rings is 1. The van der Waals surface area contributed by atoms with Gasteiger partial charge in [-0.25, -0.2) is 4.98 Å². The lowest BCUT2D eigenvalue weighted by molar-refractivity contribution is -0.121. The molecule has 1 aliphatic carbocycles. The van der Waals surface area contributed by atoms with E-state index in [4.69, 9.17) is 0 Å². The molecule has 1 saturated carbocycles. The molecule has 0 spiro atoms. The van der Waals surface area contributed by atoms with E-state index in [9.17, 15) is 4.79 Å². The number of anilines is 1. The topological polar surface area (TPSA) is 51.7 Å². The van der Waals surface area contributed by atoms with Crippen molar-refractivity contribution < 1.29 is 4.79 Å². The molecule has 1 aromatic heterocycles. The van der Waals surface area contributed by atoms with Gasteiger partial charge < -0.3 is 20.0 Å². The van der Waals surface area contributed by atoms with Crippen molar-refractivity contribution in [3.8, 4) is 0 Å². The highest BCUT2D eigenvalue weighted by atomic mass is 16.1. The van der Waals surface area contributed by atoms with Crippen LogP contribution in [0.2, 0.25) is 0 Å². The lowest BCUT2D eigenvalue weighted by Crippen LogP contribution is -2.46. The van der Waals surface area contributed by atoms with Crippen molar-refractivity contribution in [1.82, 2.24) is 19.7 Å². The quantitative estimate of drug-likeness (QED) is 0.623. The summed E-state index contributed by atoms with van der Waals surface area (Å²) in [5.74, 6) is 1.55. The van der Waals surface area contributed by atoms with Crippen LogP contribution in [-0.4, -0.2) is 79.5 Å². The Bertz CT molecular complexity index is 1030. The summed E-state index contributed by atoms with van der Waals surface area (Å²) in [5.41, 5.74) is 2.15. The SMILES string of the molecule is C=C/C(=C\N(C)C)c1ccc2cnc(NC(=O)C3CCC(CN4CCN(C)CC4)CC3)cc2c1. The van der Waals surface area contributed by atoms with E-state index in [2.05, 4.69) is 58.1 Å². The van der Waals surface area contributed by atoms with Crippen LogP contribution in [0.5, 0.6) is 0 Å². The minimum absolute atomic E-state index is 0.0861. The van der Waals surface area contributed by atoms with Crippen LogP contribution in [0.3, 0.4) is 0 Å². The summed E-state index contributed by atoms with van der Waals surface area (Å²) in [6, 6.07) is 8.26. The molecule has 2 aromatic rings. The van der Waals surface area contributed by atoms with E-state index in [1.807, 2.05) is 37.3 Å². The number of carbonyl (C=O) groups excluding carboxylic acids is 1. The van der Waals surface area contributed by atoms with Crippen LogP contribution >= 0.6 is 0 Å². The van der Waals surface area contributed by atoms with E-state index in [0.717, 1.165) is 53.5 Å². The molecule has 2 heterocycles. The van der Waals surface area contributed by atoms with Gasteiger partial charge in [-0.2, -0.15) is 0 Å². The number of nitrogens with one attached hydrogen (secondary N) is 1. The first kappa shape index (κ1) is 24.4. The Hall–Kier alpha value is -2.70. The molecule has 0 atom stereocenters. The van der Waals surface area contributed by atoms with E-state index in [1.54, 1.807) is 0 Å². The van der Waals surface area contributed by atoms with Gasteiger partial charge in [-0.3, -0.25) is 4.79 Å². The average Bonchev–Trinajstić information content (AvgIpc) is 2.84. The molecule has 182 valence electrons. The van der Waals surface area contributed by atoms with Gasteiger partial charge in [0.05, 0.1) is 0 Å². The van der Waals surface area contributed by atoms with Crippen LogP contribution in [0.25, 0.3) is 16.3 Å². The Morgan fingerprint density at radius 3 is 2.53 bits per heavy atom. The summed E-state index contributed by atoms with van der Waals surface area (Å²) in [4.78, 5) is 24.5. The zero-order valence-electron chi connectivity index (χ0n) is 21.0. The van der Waals surface area contributed by atoms with Gasteiger partial charge in [0.1, 0.15) is 5.82 Å². The normalized spacial score (nSPS) is 22.5. The number of fused-ring (bicyclic) bond motifs is 1. The maximum Gasteiger partial charge on any atom is 0.228 e. The summed E-state index contributed by atoms with van der Waals surface area (Å²) < 4.78 is 0. The fourth-order valence-electron chi connectivity index (χ4n) is 5.14. The van der Waals surface area contributed by atoms with Gasteiger partial charge in [-0.1, -0.05) is 24.8 Å². The van der Waals surface area contributed by atoms with Crippen molar-refractivity contribution in [2.75, 3.05) is 59.2 Å². The summed E-state index contributed by atoms with van der Waals surface area (Å²) in [5, 5.41) is 5.21. The Labute approximate surface area is 204 Å². The molecule has 1 N–H and O–H groups in total. The van der Waals surface area contributed by atoms with E-state index in [0.29, 0.717) is 5.82 Å². The second-order valence-electron chi connectivity index (χ2n) is 10.2. The van der Waals surface area contributed by atoms with E-state index < -0.39 is 0 Å². The van der Waals surface area contributed by atoms with Crippen LogP contribution in [0.15, 0.2) is 49.3 Å². The Morgan fingerprint density at radius 1 is 1.12 bits per heavy atom. The molecule has 0 bridgehead atoms. The van der Waals surface area contributed by atoms with Crippen molar-refractivity contribution in [2.24, 2.45) is 11.8 Å². The predicted molar refractivity (Wildman–Crippen MR) is 142 cm³/mol. The van der Waals surface area contributed by atoms with Crippen LogP contribution in [-0.2, 0) is 4.79 Å². The summed E-state index contributed by atoms with van der Waals surface area (Å²) >= 11 is 0. The van der Waals surface area contributed by atoms with Crippen molar-refractivity contribution >= 4 is 28.1 Å². The number of allylic oxidation sites excluding steroid dienone is 2. The Morgan fingerprint density at radius 2 is 1.85 bits per heavy atom. The van der Waals surface area contributed by atoms with Crippen LogP contribution < -0.4 is 5.32 Å². The number of hydrogen-bond acceptors (Lipinski definition) is 5. The van der Waals surface area contributed by atoms with Gasteiger partial charge in [0.25, 0.3) is 0 Å². The lowest BCUT2D eigenvalue weighted by atomic mass is 9.81. The third-order valence-corrected chi connectivity index (χ3v) is 7.25. The fourth-order valence-corrected chi connectivity index (χ4v) is 5.14. The number of hydrogen-bond donors (Lipinski definition) is 1. The molecule has 4 rings (SSSR count). The first-order valence-electron chi connectivity index (χ1n) is 12.5. The van der Waals surface area contributed by atoms with Gasteiger partial charge >= 0.3 is 0 Å². The third kappa shape index (κ3) is 6.24. The zero-order chi connectivity index (χ0) is 24.1. The molecule has 2 fully saturated rings. The summed E-state index contributed by atoms with van der Waals surface area (Å²) in [6.07, 6.45) is 9.98. The predicted octanol–water partition coefficient (Wildman–Crippen LogP) is 4.32. The molecule has 1 saturated heterocycles. The summed E-state index contributed by atoms with van der Waals surface area (Å²) in [7, 11) is 6.20. The third-order valence-electron chi connectivity index (χ3n) is 7.25. The molecule has 34 heavy (non-hydrogen) atoms. The molecule has 1 aliphatic heterocycles. The monoisotopic (exact) mass is 461 g/mol. The number of nitrogens with zero attached hydrogens (tertiary/aromatic N) is 4. The molecule has 1 aromatic carbocycles. The first-order chi connectivity index (χ1) is 16.4. The second kappa shape index (κ2) is 11.2. The minimum Gasteiger partial charge on any atom is -0.383 e. The van der Waals surface area contributed by atoms with Gasteiger partial charge in [-0.05, 0) is 67.3 Å². The molecular formula is C28H39N5O. The van der Waals surface area contributed by atoms with E-state index in [1.165, 1.54) is 32.7 Å². The maximum absolute atomic E-state index is 13.0. The first-order valence-corrected chi connectivity index (χ1v) is 12.5. The van der Waals surface area contributed by atoms with Crippen LogP contribution in [0.1, 0.15) is 31.2 Å². The zero-order valence-corrected chi connectivity index (χ0v) is 21.0. The Kier molecular flexibility index (Phi) is 8.01. The van der Waals surface area contributed by atoms with Gasteiger partial charge in [0, 0.05) is 70.5 Å². The Balaban J connectivity index is 1.35. The van der Waals surface area contributed by atoms with Gasteiger partial charge in [0.2, 0.25) is 5.91 Å². The molecule has 1 amide bonds. The highest BCUT2D eigenvalue weighted by Crippen LogP contribution is 2.31. The number of carbonyl (C=O) groups is 1. The van der Waals surface area contributed by atoms with Crippen molar-refractivity contribution in [3.05, 3.63) is 54.9 Å². The van der Waals surface area contributed by atoms with Crippen LogP contribution in [0.4, 0.5) is 5.82 Å². The minimum atomic E-state index is 0.0861. The number of amides is 1. The van der Waals surface area contributed by atoms with Gasteiger partial charge in [0.15, 0.2) is 0 Å². The highest BCUT2D eigenvalue weighted by molar-refractivity contribution is 5.95. The smallest absolute Gasteiger partial charge is 0.228 e. The second-order valence-corrected chi connectivity index (χ2v) is 10.2. The molecular weight excluding hydrogens is 422 g/mol. The number of likely N-dealkylation sites (N-methyl/N-ethyl adjacent to an activating group) is 1. The molecule has 2 aliphatic rings. The largest absolute Gasteiger partial charge is 0.383 e. The average molecular weight is 462 g/mol. The number of aromatic nitrogens is 1. The fraction of sp³-hybridized carbons (Fsp3) is 0.500. The maximum atomic E-state index is 13.0.